The Bertz CT molecular complexity index is 731. The van der Waals surface area contributed by atoms with E-state index in [1.54, 1.807) is 48.7 Å². The zero-order valence-electron chi connectivity index (χ0n) is 13.1. The second-order valence-corrected chi connectivity index (χ2v) is 5.56. The SMILES string of the molecule is O=C(c1cccc(Oc2ccccn2)c1)N1CC(OCC(F)(F)F)C1. The van der Waals surface area contributed by atoms with Crippen molar-refractivity contribution in [1.82, 2.24) is 9.88 Å². The van der Waals surface area contributed by atoms with E-state index >= 15 is 0 Å². The number of aromatic nitrogens is 1. The number of ether oxygens (including phenoxy) is 2. The Kier molecular flexibility index (Phi) is 4.89. The van der Waals surface area contributed by atoms with Gasteiger partial charge in [-0.05, 0) is 24.3 Å². The summed E-state index contributed by atoms with van der Waals surface area (Å²) >= 11 is 0. The van der Waals surface area contributed by atoms with E-state index in [1.165, 1.54) is 4.90 Å². The Labute approximate surface area is 142 Å². The topological polar surface area (TPSA) is 51.7 Å². The minimum Gasteiger partial charge on any atom is -0.439 e. The van der Waals surface area contributed by atoms with E-state index in [2.05, 4.69) is 4.98 Å². The molecule has 1 saturated heterocycles. The smallest absolute Gasteiger partial charge is 0.411 e. The van der Waals surface area contributed by atoms with Gasteiger partial charge in [-0.3, -0.25) is 4.79 Å². The van der Waals surface area contributed by atoms with Crippen LogP contribution in [0.5, 0.6) is 11.6 Å². The molecule has 0 unspecified atom stereocenters. The van der Waals surface area contributed by atoms with Crippen LogP contribution in [0.1, 0.15) is 10.4 Å². The first kappa shape index (κ1) is 17.2. The highest BCUT2D eigenvalue weighted by Gasteiger charge is 2.36. The van der Waals surface area contributed by atoms with Gasteiger partial charge in [0.05, 0.1) is 6.10 Å². The zero-order chi connectivity index (χ0) is 17.9. The number of hydrogen-bond donors (Lipinski definition) is 0. The lowest BCUT2D eigenvalue weighted by atomic mass is 10.1. The Morgan fingerprint density at radius 2 is 2.00 bits per heavy atom. The maximum absolute atomic E-state index is 12.4. The number of benzene rings is 1. The quantitative estimate of drug-likeness (QED) is 0.829. The van der Waals surface area contributed by atoms with E-state index in [0.717, 1.165) is 0 Å². The first-order valence-corrected chi connectivity index (χ1v) is 7.57. The monoisotopic (exact) mass is 352 g/mol. The molecule has 132 valence electrons. The van der Waals surface area contributed by atoms with Crippen LogP contribution in [-0.4, -0.2) is 47.8 Å². The molecule has 1 fully saturated rings. The number of halogens is 3. The third-order valence-corrected chi connectivity index (χ3v) is 3.56. The predicted octanol–water partition coefficient (Wildman–Crippen LogP) is 3.28. The number of hydrogen-bond acceptors (Lipinski definition) is 4. The Morgan fingerprint density at radius 3 is 2.68 bits per heavy atom. The van der Waals surface area contributed by atoms with Crippen molar-refractivity contribution in [2.24, 2.45) is 0 Å². The number of likely N-dealkylation sites (tertiary alicyclic amines) is 1. The molecule has 5 nitrogen and oxygen atoms in total. The molecule has 25 heavy (non-hydrogen) atoms. The second-order valence-electron chi connectivity index (χ2n) is 5.56. The van der Waals surface area contributed by atoms with Crippen LogP contribution in [0.15, 0.2) is 48.7 Å². The van der Waals surface area contributed by atoms with Crippen LogP contribution in [0, 0.1) is 0 Å². The fraction of sp³-hybridized carbons (Fsp3) is 0.294. The van der Waals surface area contributed by atoms with Gasteiger partial charge in [-0.1, -0.05) is 12.1 Å². The molecule has 0 aliphatic carbocycles. The molecule has 1 aliphatic heterocycles. The summed E-state index contributed by atoms with van der Waals surface area (Å²) in [7, 11) is 0. The highest BCUT2D eigenvalue weighted by Crippen LogP contribution is 2.24. The van der Waals surface area contributed by atoms with Crippen LogP contribution in [-0.2, 0) is 4.74 Å². The van der Waals surface area contributed by atoms with E-state index in [4.69, 9.17) is 9.47 Å². The highest BCUT2D eigenvalue weighted by molar-refractivity contribution is 5.95. The van der Waals surface area contributed by atoms with Crippen molar-refractivity contribution in [3.63, 3.8) is 0 Å². The zero-order valence-corrected chi connectivity index (χ0v) is 13.1. The van der Waals surface area contributed by atoms with E-state index < -0.39 is 18.9 Å². The molecular formula is C17H15F3N2O3. The molecule has 1 aromatic carbocycles. The number of nitrogens with zero attached hydrogens (tertiary/aromatic N) is 2. The predicted molar refractivity (Wildman–Crippen MR) is 82.5 cm³/mol. The standard InChI is InChI=1S/C17H15F3N2O3/c18-17(19,20)11-24-14-9-22(10-14)16(23)12-4-3-5-13(8-12)25-15-6-1-2-7-21-15/h1-8,14H,9-11H2. The Hall–Kier alpha value is -2.61. The number of carbonyl (C=O) groups is 1. The van der Waals surface area contributed by atoms with E-state index in [1.807, 2.05) is 0 Å². The minimum atomic E-state index is -4.36. The lowest BCUT2D eigenvalue weighted by Crippen LogP contribution is -2.55. The van der Waals surface area contributed by atoms with Gasteiger partial charge in [0.15, 0.2) is 0 Å². The van der Waals surface area contributed by atoms with Gasteiger partial charge in [-0.25, -0.2) is 4.98 Å². The van der Waals surface area contributed by atoms with Gasteiger partial charge in [0, 0.05) is 30.9 Å². The fourth-order valence-corrected chi connectivity index (χ4v) is 2.33. The summed E-state index contributed by atoms with van der Waals surface area (Å²) in [5.74, 6) is 0.574. The first-order valence-electron chi connectivity index (χ1n) is 7.57. The normalized spacial score (nSPS) is 14.9. The van der Waals surface area contributed by atoms with Crippen molar-refractivity contribution < 1.29 is 27.4 Å². The van der Waals surface area contributed by atoms with Crippen molar-refractivity contribution >= 4 is 5.91 Å². The van der Waals surface area contributed by atoms with Crippen LogP contribution < -0.4 is 4.74 Å². The molecule has 0 spiro atoms. The van der Waals surface area contributed by atoms with Crippen LogP contribution in [0.4, 0.5) is 13.2 Å². The van der Waals surface area contributed by atoms with Gasteiger partial charge in [0.1, 0.15) is 12.4 Å². The van der Waals surface area contributed by atoms with Crippen LogP contribution in [0.2, 0.25) is 0 Å². The van der Waals surface area contributed by atoms with Crippen LogP contribution in [0.3, 0.4) is 0 Å². The Morgan fingerprint density at radius 1 is 1.20 bits per heavy atom. The molecule has 1 amide bonds. The lowest BCUT2D eigenvalue weighted by Gasteiger charge is -2.39. The van der Waals surface area contributed by atoms with Crippen LogP contribution in [0.25, 0.3) is 0 Å². The summed E-state index contributed by atoms with van der Waals surface area (Å²) in [4.78, 5) is 17.8. The highest BCUT2D eigenvalue weighted by atomic mass is 19.4. The number of carbonyl (C=O) groups excluding carboxylic acids is 1. The van der Waals surface area contributed by atoms with Crippen molar-refractivity contribution in [1.29, 1.82) is 0 Å². The Balaban J connectivity index is 1.56. The first-order chi connectivity index (χ1) is 11.9. The van der Waals surface area contributed by atoms with Gasteiger partial charge >= 0.3 is 6.18 Å². The fourth-order valence-electron chi connectivity index (χ4n) is 2.33. The van der Waals surface area contributed by atoms with Gasteiger partial charge in [-0.2, -0.15) is 13.2 Å². The summed E-state index contributed by atoms with van der Waals surface area (Å²) in [5.41, 5.74) is 0.391. The van der Waals surface area contributed by atoms with Crippen molar-refractivity contribution in [3.05, 3.63) is 54.2 Å². The molecule has 0 atom stereocenters. The third kappa shape index (κ3) is 4.69. The molecule has 2 aromatic rings. The molecule has 0 bridgehead atoms. The lowest BCUT2D eigenvalue weighted by molar-refractivity contribution is -0.196. The molecule has 0 radical (unpaired) electrons. The summed E-state index contributed by atoms with van der Waals surface area (Å²) in [6.07, 6.45) is -3.36. The number of alkyl halides is 3. The molecule has 1 aromatic heterocycles. The summed E-state index contributed by atoms with van der Waals surface area (Å²) in [6, 6.07) is 11.8. The largest absolute Gasteiger partial charge is 0.439 e. The van der Waals surface area contributed by atoms with Crippen molar-refractivity contribution in [2.45, 2.75) is 12.3 Å². The average molecular weight is 352 g/mol. The van der Waals surface area contributed by atoms with E-state index in [9.17, 15) is 18.0 Å². The molecule has 1 aliphatic rings. The molecule has 0 N–H and O–H groups in total. The minimum absolute atomic E-state index is 0.139. The molecule has 2 heterocycles. The molecule has 0 saturated carbocycles. The maximum atomic E-state index is 12.4. The van der Waals surface area contributed by atoms with Crippen LogP contribution >= 0.6 is 0 Å². The number of rotatable bonds is 5. The van der Waals surface area contributed by atoms with Gasteiger partial charge < -0.3 is 14.4 Å². The summed E-state index contributed by atoms with van der Waals surface area (Å²) in [5, 5.41) is 0. The van der Waals surface area contributed by atoms with Crippen molar-refractivity contribution in [3.8, 4) is 11.6 Å². The summed E-state index contributed by atoms with van der Waals surface area (Å²) in [6.45, 7) is -1.02. The molecule has 8 heteroatoms. The number of amides is 1. The van der Waals surface area contributed by atoms with E-state index in [-0.39, 0.29) is 19.0 Å². The summed E-state index contributed by atoms with van der Waals surface area (Å²) < 4.78 is 46.6. The van der Waals surface area contributed by atoms with Gasteiger partial charge in [0.2, 0.25) is 5.88 Å². The van der Waals surface area contributed by atoms with Gasteiger partial charge in [-0.15, -0.1) is 0 Å². The van der Waals surface area contributed by atoms with Crippen molar-refractivity contribution in [2.75, 3.05) is 19.7 Å². The third-order valence-electron chi connectivity index (χ3n) is 3.56. The maximum Gasteiger partial charge on any atom is 0.411 e. The molecule has 3 rings (SSSR count). The van der Waals surface area contributed by atoms with Gasteiger partial charge in [0.25, 0.3) is 5.91 Å². The number of pyridine rings is 1. The second kappa shape index (κ2) is 7.10. The average Bonchev–Trinajstić information content (AvgIpc) is 2.53. The van der Waals surface area contributed by atoms with E-state index in [0.29, 0.717) is 17.2 Å². The molecular weight excluding hydrogens is 337 g/mol.